The number of benzene rings is 1. The minimum Gasteiger partial charge on any atom is -0.493 e. The molecule has 0 fully saturated rings. The van der Waals surface area contributed by atoms with E-state index in [4.69, 9.17) is 19.2 Å². The number of ether oxygens (including phenoxy) is 2. The van der Waals surface area contributed by atoms with Gasteiger partial charge in [-0.15, -0.1) is 0 Å². The maximum absolute atomic E-state index is 11.6. The van der Waals surface area contributed by atoms with Crippen LogP contribution in [0, 0.1) is 18.3 Å². The molecule has 2 aromatic rings. The Morgan fingerprint density at radius 3 is 2.85 bits per heavy atom. The van der Waals surface area contributed by atoms with Crippen molar-refractivity contribution >= 4 is 5.97 Å². The summed E-state index contributed by atoms with van der Waals surface area (Å²) in [5.74, 6) is 2.13. The zero-order valence-electron chi connectivity index (χ0n) is 19.2. The monoisotopic (exact) mass is 447 g/mol. The molecule has 7 nitrogen and oxygen atoms in total. The number of esters is 1. The Bertz CT molecular complexity index is 1110. The quantitative estimate of drug-likeness (QED) is 0.543. The fraction of sp³-hybridized carbons (Fsp3) is 0.423. The van der Waals surface area contributed by atoms with Crippen LogP contribution in [0.4, 0.5) is 0 Å². The predicted molar refractivity (Wildman–Crippen MR) is 123 cm³/mol. The third-order valence-corrected chi connectivity index (χ3v) is 6.16. The van der Waals surface area contributed by atoms with Crippen LogP contribution in [-0.4, -0.2) is 42.7 Å². The number of rotatable bonds is 8. The first-order valence-electron chi connectivity index (χ1n) is 11.4. The van der Waals surface area contributed by atoms with Gasteiger partial charge in [0.05, 0.1) is 37.5 Å². The fourth-order valence-electron chi connectivity index (χ4n) is 4.40. The average molecular weight is 448 g/mol. The number of oxazole rings is 1. The van der Waals surface area contributed by atoms with Crippen molar-refractivity contribution in [3.63, 3.8) is 0 Å². The average Bonchev–Trinajstić information content (AvgIpc) is 3.23. The number of methoxy groups -OCH3 is 1. The number of allylic oxidation sites excluding steroid dienone is 3. The van der Waals surface area contributed by atoms with Crippen LogP contribution in [0.1, 0.15) is 49.1 Å². The normalized spacial score (nSPS) is 15.5. The largest absolute Gasteiger partial charge is 0.493 e. The van der Waals surface area contributed by atoms with Crippen molar-refractivity contribution in [3.8, 4) is 17.5 Å². The highest BCUT2D eigenvalue weighted by Gasteiger charge is 2.26. The van der Waals surface area contributed by atoms with Crippen molar-refractivity contribution in [1.29, 1.82) is 5.26 Å². The Labute approximate surface area is 194 Å². The van der Waals surface area contributed by atoms with E-state index < -0.39 is 0 Å². The van der Waals surface area contributed by atoms with E-state index in [0.29, 0.717) is 37.4 Å². The van der Waals surface area contributed by atoms with Gasteiger partial charge in [-0.2, -0.15) is 5.26 Å². The summed E-state index contributed by atoms with van der Waals surface area (Å²) in [4.78, 5) is 18.5. The zero-order valence-corrected chi connectivity index (χ0v) is 19.2. The summed E-state index contributed by atoms with van der Waals surface area (Å²) in [5, 5.41) is 8.97. The lowest BCUT2D eigenvalue weighted by Crippen LogP contribution is -2.32. The highest BCUT2D eigenvalue weighted by atomic mass is 16.5. The second kappa shape index (κ2) is 10.4. The van der Waals surface area contributed by atoms with Gasteiger partial charge in [-0.3, -0.25) is 4.79 Å². The minimum atomic E-state index is -0.172. The second-order valence-corrected chi connectivity index (χ2v) is 8.26. The van der Waals surface area contributed by atoms with Crippen molar-refractivity contribution in [2.45, 2.75) is 45.4 Å². The second-order valence-electron chi connectivity index (χ2n) is 8.26. The molecule has 0 saturated heterocycles. The molecule has 0 atom stereocenters. The lowest BCUT2D eigenvalue weighted by atomic mass is 9.93. The Morgan fingerprint density at radius 1 is 1.27 bits per heavy atom. The van der Waals surface area contributed by atoms with Gasteiger partial charge in [0.2, 0.25) is 5.89 Å². The topological polar surface area (TPSA) is 88.6 Å². The summed E-state index contributed by atoms with van der Waals surface area (Å²) in [6.45, 7) is 4.09. The van der Waals surface area contributed by atoms with E-state index in [-0.39, 0.29) is 5.97 Å². The maximum atomic E-state index is 11.6. The van der Waals surface area contributed by atoms with Crippen molar-refractivity contribution in [3.05, 3.63) is 64.4 Å². The van der Waals surface area contributed by atoms with Crippen LogP contribution in [0.15, 0.2) is 51.8 Å². The number of aryl methyl sites for hydroxylation is 1. The van der Waals surface area contributed by atoms with Crippen LogP contribution < -0.4 is 0 Å². The Balaban J connectivity index is 1.38. The summed E-state index contributed by atoms with van der Waals surface area (Å²) in [6.07, 6.45) is 7.21. The van der Waals surface area contributed by atoms with E-state index in [9.17, 15) is 4.79 Å². The fourth-order valence-corrected chi connectivity index (χ4v) is 4.40. The highest BCUT2D eigenvalue weighted by Crippen LogP contribution is 2.35. The van der Waals surface area contributed by atoms with Crippen molar-refractivity contribution in [2.24, 2.45) is 0 Å². The summed E-state index contributed by atoms with van der Waals surface area (Å²) in [5.41, 5.74) is 4.92. The molecule has 0 N–H and O–H groups in total. The Hall–Kier alpha value is -3.53. The maximum Gasteiger partial charge on any atom is 0.307 e. The van der Waals surface area contributed by atoms with Gasteiger partial charge in [-0.1, -0.05) is 0 Å². The van der Waals surface area contributed by atoms with E-state index in [1.807, 2.05) is 19.1 Å². The van der Waals surface area contributed by atoms with Gasteiger partial charge in [0.15, 0.2) is 0 Å². The summed E-state index contributed by atoms with van der Waals surface area (Å²) in [7, 11) is 1.43. The third-order valence-electron chi connectivity index (χ3n) is 6.16. The van der Waals surface area contributed by atoms with E-state index in [1.54, 1.807) is 12.1 Å². The summed E-state index contributed by atoms with van der Waals surface area (Å²) < 4.78 is 16.9. The first-order valence-corrected chi connectivity index (χ1v) is 11.4. The molecule has 172 valence electrons. The molecule has 1 aromatic heterocycles. The van der Waals surface area contributed by atoms with Gasteiger partial charge in [-0.05, 0) is 62.9 Å². The highest BCUT2D eigenvalue weighted by molar-refractivity contribution is 5.69. The molecule has 2 heterocycles. The summed E-state index contributed by atoms with van der Waals surface area (Å²) in [6, 6.07) is 9.33. The van der Waals surface area contributed by atoms with Crippen LogP contribution in [-0.2, 0) is 20.7 Å². The standard InChI is InChI=1S/C26H29N3O4/c1-18-22(28-26(33-18)20-10-8-19(17-27)9-11-20)13-16-32-24-7-3-6-23-21(24)5-4-14-29(23)15-12-25(30)31-2/h7-11H,3-6,12-16H2,1-2H3. The Kier molecular flexibility index (Phi) is 7.13. The van der Waals surface area contributed by atoms with Gasteiger partial charge >= 0.3 is 5.97 Å². The number of hydrogen-bond donors (Lipinski definition) is 0. The smallest absolute Gasteiger partial charge is 0.307 e. The van der Waals surface area contributed by atoms with E-state index in [2.05, 4.69) is 22.0 Å². The van der Waals surface area contributed by atoms with Gasteiger partial charge in [0, 0.05) is 36.3 Å². The molecule has 0 saturated carbocycles. The van der Waals surface area contributed by atoms with E-state index in [1.165, 1.54) is 18.4 Å². The number of nitrogens with zero attached hydrogens (tertiary/aromatic N) is 3. The molecule has 2 aliphatic rings. The van der Waals surface area contributed by atoms with Crippen molar-refractivity contribution in [1.82, 2.24) is 9.88 Å². The molecule has 0 bridgehead atoms. The molecule has 1 aliphatic heterocycles. The van der Waals surface area contributed by atoms with Crippen molar-refractivity contribution in [2.75, 3.05) is 26.8 Å². The SMILES string of the molecule is COC(=O)CCN1CCCC2=C1CCC=C2OCCc1nc(-c2ccc(C#N)cc2)oc1C. The summed E-state index contributed by atoms with van der Waals surface area (Å²) >= 11 is 0. The van der Waals surface area contributed by atoms with Gasteiger partial charge < -0.3 is 18.8 Å². The molecule has 1 aliphatic carbocycles. The van der Waals surface area contributed by atoms with Crippen LogP contribution in [0.2, 0.25) is 0 Å². The third kappa shape index (κ3) is 5.28. The molecule has 7 heteroatoms. The molecule has 0 spiro atoms. The molecule has 0 radical (unpaired) electrons. The van der Waals surface area contributed by atoms with Crippen LogP contribution in [0.5, 0.6) is 0 Å². The van der Waals surface area contributed by atoms with Crippen LogP contribution in [0.3, 0.4) is 0 Å². The molecule has 4 rings (SSSR count). The Morgan fingerprint density at radius 2 is 2.09 bits per heavy atom. The number of nitriles is 1. The zero-order chi connectivity index (χ0) is 23.2. The number of carbonyl (C=O) groups excluding carboxylic acids is 1. The van der Waals surface area contributed by atoms with Crippen molar-refractivity contribution < 1.29 is 18.7 Å². The van der Waals surface area contributed by atoms with Crippen LogP contribution >= 0.6 is 0 Å². The van der Waals surface area contributed by atoms with Gasteiger partial charge in [-0.25, -0.2) is 4.98 Å². The predicted octanol–water partition coefficient (Wildman–Crippen LogP) is 4.67. The minimum absolute atomic E-state index is 0.172. The molecular formula is C26H29N3O4. The van der Waals surface area contributed by atoms with Crippen LogP contribution in [0.25, 0.3) is 11.5 Å². The molecule has 33 heavy (non-hydrogen) atoms. The molecule has 0 unspecified atom stereocenters. The molecule has 1 aromatic carbocycles. The first kappa shape index (κ1) is 22.7. The lowest BCUT2D eigenvalue weighted by molar-refractivity contribution is -0.140. The lowest BCUT2D eigenvalue weighted by Gasteiger charge is -2.36. The number of aromatic nitrogens is 1. The molecule has 0 amide bonds. The first-order chi connectivity index (χ1) is 16.1. The van der Waals surface area contributed by atoms with E-state index in [0.717, 1.165) is 55.0 Å². The number of carbonyl (C=O) groups is 1. The van der Waals surface area contributed by atoms with Gasteiger partial charge in [0.25, 0.3) is 0 Å². The molecular weight excluding hydrogens is 418 g/mol. The van der Waals surface area contributed by atoms with Gasteiger partial charge in [0.1, 0.15) is 11.5 Å². The van der Waals surface area contributed by atoms with E-state index >= 15 is 0 Å². The number of hydrogen-bond acceptors (Lipinski definition) is 7.